The van der Waals surface area contributed by atoms with E-state index in [1.54, 1.807) is 12.1 Å². The molecule has 0 radical (unpaired) electrons. The molecule has 2 aromatic heterocycles. The maximum Gasteiger partial charge on any atom is 0.153 e. The van der Waals surface area contributed by atoms with Crippen LogP contribution in [-0.4, -0.2) is 16.1 Å². The molecular formula is C26H27ClFN3. The first-order chi connectivity index (χ1) is 14.7. The minimum atomic E-state index is -0.190. The number of aromatic nitrogens is 2. The second-order valence-corrected chi connectivity index (χ2v) is 8.11. The Morgan fingerprint density at radius 1 is 1.03 bits per heavy atom. The van der Waals surface area contributed by atoms with Crippen LogP contribution >= 0.6 is 12.4 Å². The van der Waals surface area contributed by atoms with Crippen molar-refractivity contribution in [2.24, 2.45) is 0 Å². The van der Waals surface area contributed by atoms with Gasteiger partial charge in [0.25, 0.3) is 0 Å². The predicted octanol–water partition coefficient (Wildman–Crippen LogP) is 6.08. The molecular weight excluding hydrogens is 409 g/mol. The van der Waals surface area contributed by atoms with Crippen molar-refractivity contribution in [3.05, 3.63) is 94.6 Å². The molecule has 1 aliphatic heterocycles. The number of benzene rings is 2. The minimum Gasteiger partial charge on any atom is -0.350 e. The Morgan fingerprint density at radius 2 is 1.84 bits per heavy atom. The van der Waals surface area contributed by atoms with Crippen molar-refractivity contribution in [2.45, 2.75) is 39.8 Å². The van der Waals surface area contributed by atoms with E-state index in [2.05, 4.69) is 53.6 Å². The average Bonchev–Trinajstić information content (AvgIpc) is 3.04. The molecule has 3 nitrogen and oxygen atoms in total. The van der Waals surface area contributed by atoms with Crippen LogP contribution in [0.5, 0.6) is 0 Å². The van der Waals surface area contributed by atoms with Crippen molar-refractivity contribution in [3.8, 4) is 0 Å². The molecule has 0 spiro atoms. The summed E-state index contributed by atoms with van der Waals surface area (Å²) < 4.78 is 16.2. The molecule has 2 aromatic carbocycles. The molecule has 0 fully saturated rings. The van der Waals surface area contributed by atoms with Crippen molar-refractivity contribution in [1.82, 2.24) is 9.55 Å². The molecule has 0 unspecified atom stereocenters. The molecule has 1 aliphatic rings. The van der Waals surface area contributed by atoms with Crippen molar-refractivity contribution in [3.63, 3.8) is 0 Å². The van der Waals surface area contributed by atoms with Crippen LogP contribution < -0.4 is 4.90 Å². The van der Waals surface area contributed by atoms with E-state index in [9.17, 15) is 4.39 Å². The first kappa shape index (κ1) is 21.4. The van der Waals surface area contributed by atoms with E-state index in [0.717, 1.165) is 42.8 Å². The first-order valence-corrected chi connectivity index (χ1v) is 10.7. The SMILES string of the molecule is CCc1c(C)c2ccnc(N3CCc4ccccc4C3)c2n1Cc1cccc(F)c1.Cl. The molecule has 5 heteroatoms. The van der Waals surface area contributed by atoms with Crippen molar-refractivity contribution in [1.29, 1.82) is 0 Å². The third kappa shape index (κ3) is 3.81. The lowest BCUT2D eigenvalue weighted by Crippen LogP contribution is -2.31. The fourth-order valence-corrected chi connectivity index (χ4v) is 4.86. The van der Waals surface area contributed by atoms with E-state index in [0.29, 0.717) is 6.54 Å². The Kier molecular flexibility index (Phi) is 6.01. The Balaban J connectivity index is 0.00000231. The molecule has 0 amide bonds. The zero-order chi connectivity index (χ0) is 20.7. The Hall–Kier alpha value is -2.85. The highest BCUT2D eigenvalue weighted by Gasteiger charge is 2.23. The molecule has 0 bridgehead atoms. The number of rotatable bonds is 4. The van der Waals surface area contributed by atoms with Crippen LogP contribution in [0.25, 0.3) is 10.9 Å². The molecule has 5 rings (SSSR count). The van der Waals surface area contributed by atoms with Gasteiger partial charge < -0.3 is 9.47 Å². The van der Waals surface area contributed by atoms with Gasteiger partial charge in [-0.1, -0.05) is 43.3 Å². The topological polar surface area (TPSA) is 21.1 Å². The maximum atomic E-state index is 13.9. The Morgan fingerprint density at radius 3 is 2.61 bits per heavy atom. The van der Waals surface area contributed by atoms with Gasteiger partial charge in [0.05, 0.1) is 5.52 Å². The minimum absolute atomic E-state index is 0. The second-order valence-electron chi connectivity index (χ2n) is 8.11. The lowest BCUT2D eigenvalue weighted by atomic mass is 10.00. The third-order valence-electron chi connectivity index (χ3n) is 6.33. The van der Waals surface area contributed by atoms with Gasteiger partial charge in [0.15, 0.2) is 5.82 Å². The third-order valence-corrected chi connectivity index (χ3v) is 6.33. The second kappa shape index (κ2) is 8.72. The summed E-state index contributed by atoms with van der Waals surface area (Å²) >= 11 is 0. The molecule has 0 saturated carbocycles. The fraction of sp³-hybridized carbons (Fsp3) is 0.269. The zero-order valence-corrected chi connectivity index (χ0v) is 18.8. The number of halogens is 2. The number of pyridine rings is 1. The van der Waals surface area contributed by atoms with E-state index < -0.39 is 0 Å². The molecule has 3 heterocycles. The van der Waals surface area contributed by atoms with E-state index in [1.807, 2.05) is 12.3 Å². The molecule has 0 atom stereocenters. The standard InChI is InChI=1S/C26H26FN3.ClH/c1-3-24-18(2)23-11-13-28-26(29-14-12-20-8-4-5-9-21(20)17-29)25(23)30(24)16-19-7-6-10-22(27)15-19;/h4-11,13,15H,3,12,14,16-17H2,1-2H3;1H. The van der Waals surface area contributed by atoms with Gasteiger partial charge in [0.2, 0.25) is 0 Å². The highest BCUT2D eigenvalue weighted by atomic mass is 35.5. The van der Waals surface area contributed by atoms with Crippen LogP contribution in [0.1, 0.15) is 34.9 Å². The fourth-order valence-electron chi connectivity index (χ4n) is 4.86. The molecule has 31 heavy (non-hydrogen) atoms. The van der Waals surface area contributed by atoms with Gasteiger partial charge in [-0.15, -0.1) is 12.4 Å². The van der Waals surface area contributed by atoms with E-state index >= 15 is 0 Å². The summed E-state index contributed by atoms with van der Waals surface area (Å²) in [6, 6.07) is 17.7. The van der Waals surface area contributed by atoms with Crippen LogP contribution in [0, 0.1) is 12.7 Å². The van der Waals surface area contributed by atoms with Gasteiger partial charge in [0.1, 0.15) is 5.82 Å². The van der Waals surface area contributed by atoms with E-state index in [1.165, 1.54) is 33.8 Å². The summed E-state index contributed by atoms with van der Waals surface area (Å²) in [6.45, 7) is 6.85. The maximum absolute atomic E-state index is 13.9. The summed E-state index contributed by atoms with van der Waals surface area (Å²) in [5.74, 6) is 0.839. The van der Waals surface area contributed by atoms with Crippen LogP contribution in [-0.2, 0) is 25.9 Å². The smallest absolute Gasteiger partial charge is 0.153 e. The van der Waals surface area contributed by atoms with Crippen molar-refractivity contribution in [2.75, 3.05) is 11.4 Å². The van der Waals surface area contributed by atoms with Crippen molar-refractivity contribution >= 4 is 29.1 Å². The van der Waals surface area contributed by atoms with Gasteiger partial charge in [-0.05, 0) is 60.2 Å². The predicted molar refractivity (Wildman–Crippen MR) is 128 cm³/mol. The van der Waals surface area contributed by atoms with Gasteiger partial charge >= 0.3 is 0 Å². The van der Waals surface area contributed by atoms with Crippen LogP contribution in [0.4, 0.5) is 10.2 Å². The monoisotopic (exact) mass is 435 g/mol. The Labute approximate surface area is 188 Å². The highest BCUT2D eigenvalue weighted by Crippen LogP contribution is 2.34. The number of hydrogen-bond donors (Lipinski definition) is 0. The average molecular weight is 436 g/mol. The van der Waals surface area contributed by atoms with Gasteiger partial charge in [-0.25, -0.2) is 9.37 Å². The summed E-state index contributed by atoms with van der Waals surface area (Å²) in [7, 11) is 0. The molecule has 4 aromatic rings. The summed E-state index contributed by atoms with van der Waals surface area (Å²) in [5.41, 5.74) is 7.53. The normalized spacial score (nSPS) is 13.2. The lowest BCUT2D eigenvalue weighted by molar-refractivity contribution is 0.623. The van der Waals surface area contributed by atoms with Crippen molar-refractivity contribution < 1.29 is 4.39 Å². The van der Waals surface area contributed by atoms with E-state index in [-0.39, 0.29) is 18.2 Å². The van der Waals surface area contributed by atoms with Gasteiger partial charge in [-0.3, -0.25) is 0 Å². The quantitative estimate of drug-likeness (QED) is 0.387. The number of aryl methyl sites for hydroxylation is 1. The van der Waals surface area contributed by atoms with Gasteiger partial charge in [-0.2, -0.15) is 0 Å². The van der Waals surface area contributed by atoms with Crippen LogP contribution in [0.15, 0.2) is 60.8 Å². The summed E-state index contributed by atoms with van der Waals surface area (Å²) in [4.78, 5) is 7.24. The molecule has 160 valence electrons. The van der Waals surface area contributed by atoms with Gasteiger partial charge in [0, 0.05) is 36.9 Å². The Bertz CT molecular complexity index is 1230. The number of anilines is 1. The van der Waals surface area contributed by atoms with Crippen LogP contribution in [0.2, 0.25) is 0 Å². The molecule has 0 aliphatic carbocycles. The largest absolute Gasteiger partial charge is 0.350 e. The molecule has 0 saturated heterocycles. The zero-order valence-electron chi connectivity index (χ0n) is 17.9. The van der Waals surface area contributed by atoms with E-state index in [4.69, 9.17) is 4.98 Å². The summed E-state index contributed by atoms with van der Waals surface area (Å²) in [5, 5.41) is 1.24. The molecule has 0 N–H and O–H groups in total. The lowest BCUT2D eigenvalue weighted by Gasteiger charge is -2.30. The highest BCUT2D eigenvalue weighted by molar-refractivity contribution is 5.93. The number of nitrogens with zero attached hydrogens (tertiary/aromatic N) is 3. The first-order valence-electron chi connectivity index (χ1n) is 10.7. The van der Waals surface area contributed by atoms with Crippen LogP contribution in [0.3, 0.4) is 0 Å². The summed E-state index contributed by atoms with van der Waals surface area (Å²) in [6.07, 6.45) is 3.88. The number of hydrogen-bond acceptors (Lipinski definition) is 2. The number of fused-ring (bicyclic) bond motifs is 2.